The monoisotopic (exact) mass is 227 g/mol. The molecule has 0 atom stereocenters. The minimum Gasteiger partial charge on any atom is -0.293 e. The summed E-state index contributed by atoms with van der Waals surface area (Å²) < 4.78 is 0. The van der Waals surface area contributed by atoms with Crippen molar-refractivity contribution in [1.82, 2.24) is 0 Å². The van der Waals surface area contributed by atoms with Crippen molar-refractivity contribution in [3.8, 4) is 11.1 Å². The number of hydrogen-bond acceptors (Lipinski definition) is 3. The standard InChI is InChI=1S/C14H11O3/c1-16-17-14(15)13-10-6-5-9-12(13)11-7-3-2-4-8-11/h2-10H,1H2. The van der Waals surface area contributed by atoms with E-state index < -0.39 is 5.97 Å². The van der Waals surface area contributed by atoms with E-state index in [0.717, 1.165) is 11.1 Å². The number of carbonyl (C=O) groups excluding carboxylic acids is 1. The molecule has 85 valence electrons. The zero-order valence-electron chi connectivity index (χ0n) is 9.13. The highest BCUT2D eigenvalue weighted by Gasteiger charge is 2.13. The number of hydrogen-bond donors (Lipinski definition) is 0. The largest absolute Gasteiger partial charge is 0.373 e. The lowest BCUT2D eigenvalue weighted by Crippen LogP contribution is -2.05. The fourth-order valence-corrected chi connectivity index (χ4v) is 1.63. The molecule has 0 aliphatic heterocycles. The molecule has 17 heavy (non-hydrogen) atoms. The molecule has 0 spiro atoms. The lowest BCUT2D eigenvalue weighted by Gasteiger charge is -2.07. The Morgan fingerprint density at radius 2 is 1.59 bits per heavy atom. The molecule has 2 rings (SSSR count). The highest BCUT2D eigenvalue weighted by Crippen LogP contribution is 2.23. The first-order chi connectivity index (χ1) is 8.33. The van der Waals surface area contributed by atoms with Crippen molar-refractivity contribution in [3.63, 3.8) is 0 Å². The summed E-state index contributed by atoms with van der Waals surface area (Å²) in [5.74, 6) is -0.556. The van der Waals surface area contributed by atoms with Crippen LogP contribution in [0.1, 0.15) is 10.4 Å². The van der Waals surface area contributed by atoms with Crippen LogP contribution in [0.3, 0.4) is 0 Å². The number of carbonyl (C=O) groups is 1. The van der Waals surface area contributed by atoms with Gasteiger partial charge in [-0.05, 0) is 17.2 Å². The molecule has 2 aromatic carbocycles. The van der Waals surface area contributed by atoms with Crippen molar-refractivity contribution in [2.75, 3.05) is 0 Å². The predicted molar refractivity (Wildman–Crippen MR) is 63.7 cm³/mol. The van der Waals surface area contributed by atoms with Gasteiger partial charge >= 0.3 is 5.97 Å². The third kappa shape index (κ3) is 2.52. The lowest BCUT2D eigenvalue weighted by atomic mass is 10.00. The summed E-state index contributed by atoms with van der Waals surface area (Å²) in [6.45, 7) is 0. The molecule has 0 fully saturated rings. The molecule has 0 saturated carbocycles. The maximum atomic E-state index is 11.7. The maximum absolute atomic E-state index is 11.7. The topological polar surface area (TPSA) is 35.5 Å². The Labute approximate surface area is 99.5 Å². The second-order valence-corrected chi connectivity index (χ2v) is 3.40. The summed E-state index contributed by atoms with van der Waals surface area (Å²) in [5, 5.41) is 0. The average Bonchev–Trinajstić information content (AvgIpc) is 2.40. The van der Waals surface area contributed by atoms with E-state index in [1.807, 2.05) is 42.5 Å². The first kappa shape index (κ1) is 11.4. The molecule has 0 bridgehead atoms. The molecule has 1 radical (unpaired) electrons. The van der Waals surface area contributed by atoms with Gasteiger partial charge in [-0.25, -0.2) is 4.79 Å². The Morgan fingerprint density at radius 1 is 0.941 bits per heavy atom. The molecule has 0 aliphatic rings. The first-order valence-electron chi connectivity index (χ1n) is 5.10. The van der Waals surface area contributed by atoms with Gasteiger partial charge in [0.05, 0.1) is 5.56 Å². The van der Waals surface area contributed by atoms with Gasteiger partial charge in [-0.2, -0.15) is 4.89 Å². The minimum atomic E-state index is -0.556. The molecule has 0 unspecified atom stereocenters. The zero-order chi connectivity index (χ0) is 12.1. The average molecular weight is 227 g/mol. The summed E-state index contributed by atoms with van der Waals surface area (Å²) in [7, 11) is 3.01. The summed E-state index contributed by atoms with van der Waals surface area (Å²) in [6.07, 6.45) is 0. The molecule has 0 saturated heterocycles. The lowest BCUT2D eigenvalue weighted by molar-refractivity contribution is -0.195. The Hall–Kier alpha value is -2.13. The Morgan fingerprint density at radius 3 is 2.29 bits per heavy atom. The smallest absolute Gasteiger partial charge is 0.293 e. The van der Waals surface area contributed by atoms with E-state index in [9.17, 15) is 4.79 Å². The van der Waals surface area contributed by atoms with E-state index in [1.165, 1.54) is 0 Å². The minimum absolute atomic E-state index is 0.447. The molecule has 0 heterocycles. The third-order valence-electron chi connectivity index (χ3n) is 2.37. The van der Waals surface area contributed by atoms with E-state index in [0.29, 0.717) is 5.56 Å². The van der Waals surface area contributed by atoms with Crippen molar-refractivity contribution < 1.29 is 14.6 Å². The Balaban J connectivity index is 2.45. The first-order valence-corrected chi connectivity index (χ1v) is 5.10. The van der Waals surface area contributed by atoms with Gasteiger partial charge in [0.25, 0.3) is 0 Å². The van der Waals surface area contributed by atoms with Gasteiger partial charge < -0.3 is 0 Å². The van der Waals surface area contributed by atoms with Crippen LogP contribution in [-0.4, -0.2) is 5.97 Å². The van der Waals surface area contributed by atoms with Crippen molar-refractivity contribution in [1.29, 1.82) is 0 Å². The van der Waals surface area contributed by atoms with Crippen molar-refractivity contribution in [3.05, 3.63) is 67.3 Å². The Bertz CT molecular complexity index is 506. The van der Waals surface area contributed by atoms with Gasteiger partial charge in [0, 0.05) is 0 Å². The van der Waals surface area contributed by atoms with Crippen LogP contribution in [0.15, 0.2) is 54.6 Å². The van der Waals surface area contributed by atoms with Crippen LogP contribution in [-0.2, 0) is 9.78 Å². The van der Waals surface area contributed by atoms with Crippen molar-refractivity contribution >= 4 is 5.97 Å². The van der Waals surface area contributed by atoms with E-state index >= 15 is 0 Å². The van der Waals surface area contributed by atoms with Gasteiger partial charge in [0.15, 0.2) is 0 Å². The van der Waals surface area contributed by atoms with Crippen LogP contribution >= 0.6 is 0 Å². The zero-order valence-corrected chi connectivity index (χ0v) is 9.13. The van der Waals surface area contributed by atoms with E-state index in [-0.39, 0.29) is 0 Å². The van der Waals surface area contributed by atoms with Crippen molar-refractivity contribution in [2.45, 2.75) is 0 Å². The van der Waals surface area contributed by atoms with Gasteiger partial charge in [-0.3, -0.25) is 4.89 Å². The fourth-order valence-electron chi connectivity index (χ4n) is 1.63. The maximum Gasteiger partial charge on any atom is 0.373 e. The molecule has 0 N–H and O–H groups in total. The van der Waals surface area contributed by atoms with Gasteiger partial charge in [-0.15, -0.1) is 0 Å². The van der Waals surface area contributed by atoms with Gasteiger partial charge in [0.2, 0.25) is 0 Å². The van der Waals surface area contributed by atoms with E-state index in [1.54, 1.807) is 12.1 Å². The van der Waals surface area contributed by atoms with Crippen LogP contribution in [0.5, 0.6) is 0 Å². The van der Waals surface area contributed by atoms with Gasteiger partial charge in [-0.1, -0.05) is 48.5 Å². The summed E-state index contributed by atoms with van der Waals surface area (Å²) in [4.78, 5) is 20.2. The quantitative estimate of drug-likeness (QED) is 0.596. The molecule has 0 aromatic heterocycles. The van der Waals surface area contributed by atoms with Crippen LogP contribution < -0.4 is 0 Å². The SMILES string of the molecule is [CH2]OOC(=O)c1ccccc1-c1ccccc1. The summed E-state index contributed by atoms with van der Waals surface area (Å²) in [6, 6.07) is 16.8. The second-order valence-electron chi connectivity index (χ2n) is 3.40. The van der Waals surface area contributed by atoms with E-state index in [4.69, 9.17) is 0 Å². The number of benzene rings is 2. The van der Waals surface area contributed by atoms with Crippen molar-refractivity contribution in [2.24, 2.45) is 0 Å². The molecular weight excluding hydrogens is 216 g/mol. The predicted octanol–water partition coefficient (Wildman–Crippen LogP) is 3.23. The van der Waals surface area contributed by atoms with Crippen LogP contribution in [0, 0.1) is 7.11 Å². The molecule has 3 nitrogen and oxygen atoms in total. The van der Waals surface area contributed by atoms with Gasteiger partial charge in [0.1, 0.15) is 7.11 Å². The van der Waals surface area contributed by atoms with Crippen LogP contribution in [0.4, 0.5) is 0 Å². The summed E-state index contributed by atoms with van der Waals surface area (Å²) >= 11 is 0. The normalized spacial score (nSPS) is 9.94. The molecular formula is C14H11O3. The third-order valence-corrected chi connectivity index (χ3v) is 2.37. The molecule has 2 aromatic rings. The van der Waals surface area contributed by atoms with E-state index in [2.05, 4.69) is 16.9 Å². The molecule has 0 amide bonds. The molecule has 3 heteroatoms. The highest BCUT2D eigenvalue weighted by atomic mass is 17.2. The Kier molecular flexibility index (Phi) is 3.52. The highest BCUT2D eigenvalue weighted by molar-refractivity contribution is 5.96. The molecule has 0 aliphatic carbocycles. The van der Waals surface area contributed by atoms with Crippen LogP contribution in [0.25, 0.3) is 11.1 Å². The summed E-state index contributed by atoms with van der Waals surface area (Å²) in [5.41, 5.74) is 2.20. The van der Waals surface area contributed by atoms with Crippen LogP contribution in [0.2, 0.25) is 0 Å². The number of rotatable bonds is 3. The fraction of sp³-hybridized carbons (Fsp3) is 0. The second kappa shape index (κ2) is 5.27.